The number of hydrogen-bond acceptors (Lipinski definition) is 6. The summed E-state index contributed by atoms with van der Waals surface area (Å²) in [5.74, 6) is -0.898. The van der Waals surface area contributed by atoms with Crippen molar-refractivity contribution in [2.45, 2.75) is 329 Å². The normalized spacial score (nSPS) is 12.5. The van der Waals surface area contributed by atoms with Gasteiger partial charge >= 0.3 is 17.9 Å². The summed E-state index contributed by atoms with van der Waals surface area (Å²) in [6.07, 6.45) is 80.7. The highest BCUT2D eigenvalue weighted by Crippen LogP contribution is 2.17. The molecule has 0 aliphatic rings. The predicted molar refractivity (Wildman–Crippen MR) is 321 cm³/mol. The van der Waals surface area contributed by atoms with Crippen LogP contribution in [0.3, 0.4) is 0 Å². The fourth-order valence-corrected chi connectivity index (χ4v) is 9.13. The van der Waals surface area contributed by atoms with E-state index < -0.39 is 6.10 Å². The maximum absolute atomic E-state index is 12.9. The molecule has 1 unspecified atom stereocenters. The zero-order valence-corrected chi connectivity index (χ0v) is 49.1. The summed E-state index contributed by atoms with van der Waals surface area (Å²) in [6, 6.07) is 0. The number of hydrogen-bond donors (Lipinski definition) is 0. The smallest absolute Gasteiger partial charge is 0.306 e. The van der Waals surface area contributed by atoms with Gasteiger partial charge in [0, 0.05) is 19.3 Å². The molecule has 0 bridgehead atoms. The van der Waals surface area contributed by atoms with Crippen molar-refractivity contribution in [2.24, 2.45) is 0 Å². The van der Waals surface area contributed by atoms with Gasteiger partial charge in [0.2, 0.25) is 0 Å². The van der Waals surface area contributed by atoms with Gasteiger partial charge in [0.15, 0.2) is 6.10 Å². The van der Waals surface area contributed by atoms with Crippen LogP contribution in [0.5, 0.6) is 0 Å². The molecule has 0 amide bonds. The molecule has 6 nitrogen and oxygen atoms in total. The van der Waals surface area contributed by atoms with Crippen molar-refractivity contribution in [3.8, 4) is 0 Å². The average Bonchev–Trinajstić information content (AvgIpc) is 3.40. The van der Waals surface area contributed by atoms with E-state index in [0.29, 0.717) is 19.3 Å². The van der Waals surface area contributed by atoms with E-state index in [1.807, 2.05) is 0 Å². The van der Waals surface area contributed by atoms with Crippen LogP contribution in [0.2, 0.25) is 0 Å². The second-order valence-electron chi connectivity index (χ2n) is 21.3. The first-order chi connectivity index (χ1) is 36.5. The van der Waals surface area contributed by atoms with Gasteiger partial charge in [0.05, 0.1) is 0 Å². The Kier molecular flexibility index (Phi) is 59.7. The molecule has 1 atom stereocenters. The van der Waals surface area contributed by atoms with Gasteiger partial charge in [-0.25, -0.2) is 0 Å². The number of ether oxygens (including phenoxy) is 3. The first-order valence-electron chi connectivity index (χ1n) is 31.9. The summed E-state index contributed by atoms with van der Waals surface area (Å²) in [6.45, 7) is 6.50. The minimum atomic E-state index is -0.787. The molecule has 6 heteroatoms. The number of unbranched alkanes of at least 4 members (excludes halogenated alkanes) is 35. The van der Waals surface area contributed by atoms with Crippen LogP contribution in [-0.4, -0.2) is 37.2 Å². The first kappa shape index (κ1) is 70.8. The summed E-state index contributed by atoms with van der Waals surface area (Å²) in [7, 11) is 0. The second kappa shape index (κ2) is 62.4. The SMILES string of the molecule is CC/C=C\C/C=C\C/C=C\CCCCCCCC(=O)OC(COC(=O)CCCCCCC/C=C\CCCCC)COC(=O)CCCCCCCCCCCCCCCCCCC/C=C\C/C=C\CCCCCCC. The van der Waals surface area contributed by atoms with Crippen LogP contribution in [0.4, 0.5) is 0 Å². The molecule has 0 aromatic heterocycles. The van der Waals surface area contributed by atoms with Crippen molar-refractivity contribution in [1.82, 2.24) is 0 Å². The first-order valence-corrected chi connectivity index (χ1v) is 31.9. The summed E-state index contributed by atoms with van der Waals surface area (Å²) in [5.41, 5.74) is 0. The minimum absolute atomic E-state index is 0.0829. The average molecular weight is 1030 g/mol. The Bertz CT molecular complexity index is 1370. The van der Waals surface area contributed by atoms with Crippen molar-refractivity contribution < 1.29 is 28.6 Å². The number of rotatable bonds is 58. The van der Waals surface area contributed by atoms with Crippen LogP contribution in [0, 0.1) is 0 Å². The highest BCUT2D eigenvalue weighted by Gasteiger charge is 2.19. The quantitative estimate of drug-likeness (QED) is 0.0261. The van der Waals surface area contributed by atoms with Crippen LogP contribution in [0.25, 0.3) is 0 Å². The number of carbonyl (C=O) groups is 3. The number of allylic oxidation sites excluding steroid dienone is 12. The Morgan fingerprint density at radius 2 is 0.527 bits per heavy atom. The summed E-state index contributed by atoms with van der Waals surface area (Å²) in [4.78, 5) is 38.2. The molecule has 0 saturated heterocycles. The molecular formula is C68H120O6. The van der Waals surface area contributed by atoms with E-state index in [0.717, 1.165) is 109 Å². The Hall–Kier alpha value is -3.15. The highest BCUT2D eigenvalue weighted by atomic mass is 16.6. The fraction of sp³-hybridized carbons (Fsp3) is 0.779. The lowest BCUT2D eigenvalue weighted by molar-refractivity contribution is -0.167. The maximum Gasteiger partial charge on any atom is 0.306 e. The Labute approximate surface area is 459 Å². The standard InChI is InChI=1S/C68H120O6/c1-4-7-10-13-16-19-22-25-27-28-29-30-31-32-33-34-35-36-37-38-39-40-42-43-46-49-52-55-58-61-67(70)73-64-65(63-72-66(69)60-57-54-51-48-45-24-21-18-15-12-9-6-3)74-68(71)62-59-56-53-50-47-44-41-26-23-20-17-14-11-8-5-2/h8,11,17-18,20-22,25-26,28-29,41,65H,4-7,9-10,12-16,19,23-24,27,30-40,42-64H2,1-3H3/b11-8-,20-17-,21-18-,25-22-,29-28-,41-26-. The van der Waals surface area contributed by atoms with Crippen molar-refractivity contribution in [2.75, 3.05) is 13.2 Å². The van der Waals surface area contributed by atoms with Gasteiger partial charge < -0.3 is 14.2 Å². The third kappa shape index (κ3) is 59.7. The molecule has 74 heavy (non-hydrogen) atoms. The van der Waals surface area contributed by atoms with Crippen LogP contribution in [-0.2, 0) is 28.6 Å². The monoisotopic (exact) mass is 1030 g/mol. The molecule has 0 aromatic carbocycles. The van der Waals surface area contributed by atoms with E-state index in [2.05, 4.69) is 93.7 Å². The number of carbonyl (C=O) groups excluding carboxylic acids is 3. The van der Waals surface area contributed by atoms with Crippen molar-refractivity contribution >= 4 is 17.9 Å². The molecule has 0 fully saturated rings. The number of esters is 3. The predicted octanol–water partition coefficient (Wildman–Crippen LogP) is 21.7. The molecule has 0 heterocycles. The Balaban J connectivity index is 4.18. The molecule has 0 rings (SSSR count). The molecule has 0 radical (unpaired) electrons. The van der Waals surface area contributed by atoms with Crippen molar-refractivity contribution in [1.29, 1.82) is 0 Å². The fourth-order valence-electron chi connectivity index (χ4n) is 9.13. The van der Waals surface area contributed by atoms with Crippen LogP contribution < -0.4 is 0 Å². The highest BCUT2D eigenvalue weighted by molar-refractivity contribution is 5.71. The van der Waals surface area contributed by atoms with Gasteiger partial charge in [-0.2, -0.15) is 0 Å². The van der Waals surface area contributed by atoms with E-state index in [1.165, 1.54) is 173 Å². The molecule has 0 spiro atoms. The molecule has 428 valence electrons. The molecule has 0 N–H and O–H groups in total. The molecule has 0 saturated carbocycles. The molecule has 0 aliphatic carbocycles. The van der Waals surface area contributed by atoms with E-state index >= 15 is 0 Å². The zero-order chi connectivity index (χ0) is 53.6. The van der Waals surface area contributed by atoms with Gasteiger partial charge in [0.1, 0.15) is 13.2 Å². The largest absolute Gasteiger partial charge is 0.462 e. The summed E-state index contributed by atoms with van der Waals surface area (Å²) >= 11 is 0. The van der Waals surface area contributed by atoms with E-state index in [4.69, 9.17) is 14.2 Å². The third-order valence-electron chi connectivity index (χ3n) is 13.9. The van der Waals surface area contributed by atoms with Crippen LogP contribution >= 0.6 is 0 Å². The van der Waals surface area contributed by atoms with Gasteiger partial charge in [-0.3, -0.25) is 14.4 Å². The molecular weight excluding hydrogens is 913 g/mol. The lowest BCUT2D eigenvalue weighted by Crippen LogP contribution is -2.30. The van der Waals surface area contributed by atoms with Gasteiger partial charge in [-0.15, -0.1) is 0 Å². The summed E-state index contributed by atoms with van der Waals surface area (Å²) in [5, 5.41) is 0. The third-order valence-corrected chi connectivity index (χ3v) is 13.9. The van der Waals surface area contributed by atoms with Crippen molar-refractivity contribution in [3.05, 3.63) is 72.9 Å². The van der Waals surface area contributed by atoms with Crippen LogP contribution in [0.15, 0.2) is 72.9 Å². The molecule has 0 aliphatic heterocycles. The lowest BCUT2D eigenvalue weighted by atomic mass is 10.0. The minimum Gasteiger partial charge on any atom is -0.462 e. The summed E-state index contributed by atoms with van der Waals surface area (Å²) < 4.78 is 16.9. The Morgan fingerprint density at radius 3 is 0.865 bits per heavy atom. The van der Waals surface area contributed by atoms with E-state index in [9.17, 15) is 14.4 Å². The molecule has 0 aromatic rings. The maximum atomic E-state index is 12.9. The lowest BCUT2D eigenvalue weighted by Gasteiger charge is -2.18. The topological polar surface area (TPSA) is 78.9 Å². The van der Waals surface area contributed by atoms with E-state index in [1.54, 1.807) is 0 Å². The van der Waals surface area contributed by atoms with Gasteiger partial charge in [0.25, 0.3) is 0 Å². The van der Waals surface area contributed by atoms with Crippen molar-refractivity contribution in [3.63, 3.8) is 0 Å². The Morgan fingerprint density at radius 1 is 0.284 bits per heavy atom. The van der Waals surface area contributed by atoms with Crippen LogP contribution in [0.1, 0.15) is 323 Å². The van der Waals surface area contributed by atoms with E-state index in [-0.39, 0.29) is 31.1 Å². The second-order valence-corrected chi connectivity index (χ2v) is 21.3. The zero-order valence-electron chi connectivity index (χ0n) is 49.1. The van der Waals surface area contributed by atoms with Gasteiger partial charge in [-0.05, 0) is 109 Å². The van der Waals surface area contributed by atoms with Gasteiger partial charge in [-0.1, -0.05) is 267 Å².